The van der Waals surface area contributed by atoms with Gasteiger partial charge in [0.2, 0.25) is 0 Å². The zero-order valence-electron chi connectivity index (χ0n) is 15.8. The molecule has 26 heavy (non-hydrogen) atoms. The molecule has 3 rings (SSSR count). The molecule has 0 aromatic heterocycles. The van der Waals surface area contributed by atoms with Crippen molar-refractivity contribution >= 4 is 11.4 Å². The van der Waals surface area contributed by atoms with Gasteiger partial charge in [0, 0.05) is 50.7 Å². The Labute approximate surface area is 156 Å². The van der Waals surface area contributed by atoms with Crippen LogP contribution in [0.1, 0.15) is 16.7 Å². The number of benzene rings is 3. The number of hydrogen-bond donors (Lipinski definition) is 1. The molecule has 0 unspecified atom stereocenters. The van der Waals surface area contributed by atoms with Gasteiger partial charge in [0.15, 0.2) is 0 Å². The summed E-state index contributed by atoms with van der Waals surface area (Å²) in [4.78, 5) is 4.09. The smallest absolute Gasteiger partial charge is 0.144 e. The second-order valence-corrected chi connectivity index (χ2v) is 6.90. The van der Waals surface area contributed by atoms with Gasteiger partial charge in [-0.1, -0.05) is 66.7 Å². The lowest BCUT2D eigenvalue weighted by molar-refractivity contribution is 0.126. The van der Waals surface area contributed by atoms with Gasteiger partial charge in [-0.05, 0) is 17.7 Å². The number of rotatable bonds is 5. The van der Waals surface area contributed by atoms with Crippen LogP contribution in [0.2, 0.25) is 0 Å². The van der Waals surface area contributed by atoms with Gasteiger partial charge >= 0.3 is 0 Å². The first-order valence-electron chi connectivity index (χ1n) is 8.78. The Bertz CT molecular complexity index is 821. The van der Waals surface area contributed by atoms with E-state index >= 15 is 0 Å². The van der Waals surface area contributed by atoms with Crippen LogP contribution in [-0.4, -0.2) is 33.3 Å². The van der Waals surface area contributed by atoms with Gasteiger partial charge in [-0.15, -0.1) is 0 Å². The molecular formula is C23H26N2O. The monoisotopic (exact) mass is 346 g/mol. The summed E-state index contributed by atoms with van der Waals surface area (Å²) in [5, 5.41) is 12.2. The van der Waals surface area contributed by atoms with Crippen LogP contribution in [0.4, 0.5) is 11.4 Å². The molecule has 134 valence electrons. The number of nitrogens with zero attached hydrogens (tertiary/aromatic N) is 2. The first-order valence-corrected chi connectivity index (χ1v) is 8.78. The Kier molecular flexibility index (Phi) is 5.01. The fourth-order valence-electron chi connectivity index (χ4n) is 3.47. The lowest BCUT2D eigenvalue weighted by Crippen LogP contribution is -2.33. The van der Waals surface area contributed by atoms with E-state index in [1.807, 2.05) is 117 Å². The van der Waals surface area contributed by atoms with E-state index < -0.39 is 5.60 Å². The first kappa shape index (κ1) is 18.0. The molecule has 0 saturated carbocycles. The summed E-state index contributed by atoms with van der Waals surface area (Å²) < 4.78 is 0. The Hall–Kier alpha value is -2.78. The second kappa shape index (κ2) is 7.22. The summed E-state index contributed by atoms with van der Waals surface area (Å²) >= 11 is 0. The summed E-state index contributed by atoms with van der Waals surface area (Å²) in [6.07, 6.45) is 0. The minimum Gasteiger partial charge on any atom is -0.377 e. The van der Waals surface area contributed by atoms with Crippen LogP contribution < -0.4 is 9.80 Å². The van der Waals surface area contributed by atoms with Crippen LogP contribution in [0.3, 0.4) is 0 Å². The van der Waals surface area contributed by atoms with Crippen LogP contribution in [0.25, 0.3) is 0 Å². The molecule has 0 saturated heterocycles. The third kappa shape index (κ3) is 3.06. The lowest BCUT2D eigenvalue weighted by atomic mass is 9.78. The predicted molar refractivity (Wildman–Crippen MR) is 110 cm³/mol. The normalized spacial score (nSPS) is 11.3. The van der Waals surface area contributed by atoms with E-state index in [1.54, 1.807) is 0 Å². The molecule has 0 aliphatic rings. The topological polar surface area (TPSA) is 26.7 Å². The van der Waals surface area contributed by atoms with E-state index in [0.29, 0.717) is 0 Å². The molecule has 0 aliphatic carbocycles. The first-order chi connectivity index (χ1) is 12.5. The fraction of sp³-hybridized carbons (Fsp3) is 0.217. The maximum absolute atomic E-state index is 12.2. The minimum atomic E-state index is -1.26. The summed E-state index contributed by atoms with van der Waals surface area (Å²) in [7, 11) is 8.01. The average molecular weight is 346 g/mol. The van der Waals surface area contributed by atoms with Crippen molar-refractivity contribution in [1.29, 1.82) is 0 Å². The molecule has 0 spiro atoms. The standard InChI is InChI=1S/C23H26N2O/c1-24(2)21-16-10-8-14-19(21)23(26,18-12-6-5-7-13-18)20-15-9-11-17-22(20)25(3)4/h5-17,26H,1-4H3. The van der Waals surface area contributed by atoms with E-state index in [1.165, 1.54) is 0 Å². The molecule has 3 nitrogen and oxygen atoms in total. The molecular weight excluding hydrogens is 320 g/mol. The van der Waals surface area contributed by atoms with Crippen molar-refractivity contribution in [1.82, 2.24) is 0 Å². The summed E-state index contributed by atoms with van der Waals surface area (Å²) in [6.45, 7) is 0. The molecule has 0 bridgehead atoms. The molecule has 3 aromatic carbocycles. The molecule has 0 aliphatic heterocycles. The fourth-order valence-corrected chi connectivity index (χ4v) is 3.47. The van der Waals surface area contributed by atoms with Crippen molar-refractivity contribution in [2.75, 3.05) is 38.0 Å². The summed E-state index contributed by atoms with van der Waals surface area (Å²) in [5.41, 5.74) is 3.31. The zero-order chi connectivity index (χ0) is 18.7. The molecule has 0 heterocycles. The van der Waals surface area contributed by atoms with Crippen LogP contribution in [0.15, 0.2) is 78.9 Å². The Balaban J connectivity index is 2.38. The summed E-state index contributed by atoms with van der Waals surface area (Å²) in [6, 6.07) is 25.9. The number of hydrogen-bond acceptors (Lipinski definition) is 3. The molecule has 1 N–H and O–H groups in total. The van der Waals surface area contributed by atoms with Crippen molar-refractivity contribution in [2.24, 2.45) is 0 Å². The van der Waals surface area contributed by atoms with Crippen molar-refractivity contribution < 1.29 is 5.11 Å². The van der Waals surface area contributed by atoms with Gasteiger partial charge in [-0.3, -0.25) is 0 Å². The quantitative estimate of drug-likeness (QED) is 0.705. The van der Waals surface area contributed by atoms with Crippen LogP contribution in [0.5, 0.6) is 0 Å². The van der Waals surface area contributed by atoms with E-state index in [9.17, 15) is 5.11 Å². The van der Waals surface area contributed by atoms with Crippen molar-refractivity contribution in [3.05, 3.63) is 95.6 Å². The third-order valence-electron chi connectivity index (χ3n) is 4.74. The van der Waals surface area contributed by atoms with E-state index in [2.05, 4.69) is 0 Å². The Morgan fingerprint density at radius 3 is 1.38 bits per heavy atom. The Morgan fingerprint density at radius 1 is 0.577 bits per heavy atom. The van der Waals surface area contributed by atoms with Crippen molar-refractivity contribution in [3.63, 3.8) is 0 Å². The van der Waals surface area contributed by atoms with Crippen LogP contribution >= 0.6 is 0 Å². The third-order valence-corrected chi connectivity index (χ3v) is 4.74. The largest absolute Gasteiger partial charge is 0.377 e. The highest BCUT2D eigenvalue weighted by Crippen LogP contribution is 2.44. The number of anilines is 2. The SMILES string of the molecule is CN(C)c1ccccc1C(O)(c1ccccc1)c1ccccc1N(C)C. The average Bonchev–Trinajstić information content (AvgIpc) is 2.68. The molecule has 3 heteroatoms. The van der Waals surface area contributed by atoms with E-state index in [-0.39, 0.29) is 0 Å². The maximum Gasteiger partial charge on any atom is 0.144 e. The minimum absolute atomic E-state index is 0.851. The van der Waals surface area contributed by atoms with Gasteiger partial charge in [0.1, 0.15) is 5.60 Å². The number of aliphatic hydroxyl groups is 1. The van der Waals surface area contributed by atoms with Gasteiger partial charge in [0.25, 0.3) is 0 Å². The van der Waals surface area contributed by atoms with Gasteiger partial charge in [0.05, 0.1) is 0 Å². The molecule has 3 aromatic rings. The van der Waals surface area contributed by atoms with E-state index in [4.69, 9.17) is 0 Å². The Morgan fingerprint density at radius 2 is 0.962 bits per heavy atom. The van der Waals surface area contributed by atoms with Crippen LogP contribution in [0, 0.1) is 0 Å². The zero-order valence-corrected chi connectivity index (χ0v) is 15.8. The van der Waals surface area contributed by atoms with E-state index in [0.717, 1.165) is 28.1 Å². The lowest BCUT2D eigenvalue weighted by Gasteiger charge is -2.35. The molecule has 0 radical (unpaired) electrons. The molecule has 0 atom stereocenters. The van der Waals surface area contributed by atoms with Gasteiger partial charge in [-0.25, -0.2) is 0 Å². The van der Waals surface area contributed by atoms with Crippen molar-refractivity contribution in [3.8, 4) is 0 Å². The highest BCUT2D eigenvalue weighted by Gasteiger charge is 2.38. The maximum atomic E-state index is 12.2. The molecule has 0 amide bonds. The highest BCUT2D eigenvalue weighted by atomic mass is 16.3. The summed E-state index contributed by atoms with van der Waals surface area (Å²) in [5.74, 6) is 0. The van der Waals surface area contributed by atoms with Gasteiger partial charge in [-0.2, -0.15) is 0 Å². The predicted octanol–water partition coefficient (Wildman–Crippen LogP) is 4.10. The second-order valence-electron chi connectivity index (χ2n) is 6.90. The van der Waals surface area contributed by atoms with Gasteiger partial charge < -0.3 is 14.9 Å². The highest BCUT2D eigenvalue weighted by molar-refractivity contribution is 5.67. The van der Waals surface area contributed by atoms with Crippen molar-refractivity contribution in [2.45, 2.75) is 5.60 Å². The number of para-hydroxylation sites is 2. The van der Waals surface area contributed by atoms with Crippen LogP contribution in [-0.2, 0) is 5.60 Å². The molecule has 0 fully saturated rings.